The summed E-state index contributed by atoms with van der Waals surface area (Å²) in [6.07, 6.45) is 4.76. The third-order valence-corrected chi connectivity index (χ3v) is 3.04. The Morgan fingerprint density at radius 3 is 3.07 bits per heavy atom. The van der Waals surface area contributed by atoms with E-state index >= 15 is 0 Å². The first kappa shape index (κ1) is 10.5. The lowest BCUT2D eigenvalue weighted by molar-refractivity contribution is 0.339. The van der Waals surface area contributed by atoms with Crippen LogP contribution in [0.1, 0.15) is 43.4 Å². The summed E-state index contributed by atoms with van der Waals surface area (Å²) in [6, 6.07) is 6.55. The number of fused-ring (bicyclic) bond motifs is 1. The molecular weight excluding hydrogens is 186 g/mol. The zero-order chi connectivity index (χ0) is 10.7. The van der Waals surface area contributed by atoms with Crippen LogP contribution in [0, 0.1) is 0 Å². The van der Waals surface area contributed by atoms with E-state index in [1.165, 1.54) is 24.0 Å². The molecule has 1 aromatic rings. The molecular formula is C13H19NO. The molecule has 0 radical (unpaired) electrons. The van der Waals surface area contributed by atoms with Gasteiger partial charge in [0.25, 0.3) is 0 Å². The predicted octanol–water partition coefficient (Wildman–Crippen LogP) is 2.81. The highest BCUT2D eigenvalue weighted by Crippen LogP contribution is 2.29. The summed E-state index contributed by atoms with van der Waals surface area (Å²) >= 11 is 0. The second-order valence-electron chi connectivity index (χ2n) is 4.15. The van der Waals surface area contributed by atoms with E-state index in [9.17, 15) is 0 Å². The fourth-order valence-electron chi connectivity index (χ4n) is 2.24. The van der Waals surface area contributed by atoms with Crippen molar-refractivity contribution in [1.29, 1.82) is 0 Å². The van der Waals surface area contributed by atoms with E-state index in [0.29, 0.717) is 6.61 Å². The third-order valence-electron chi connectivity index (χ3n) is 3.04. The fourth-order valence-corrected chi connectivity index (χ4v) is 2.24. The average Bonchev–Trinajstić information content (AvgIpc) is 2.42. The van der Waals surface area contributed by atoms with Crippen LogP contribution in [0.5, 0.6) is 5.75 Å². The first-order valence-corrected chi connectivity index (χ1v) is 5.82. The molecule has 0 fully saturated rings. The summed E-state index contributed by atoms with van der Waals surface area (Å²) in [6.45, 7) is 2.72. The Morgan fingerprint density at radius 1 is 1.40 bits per heavy atom. The van der Waals surface area contributed by atoms with Crippen molar-refractivity contribution in [3.05, 3.63) is 29.3 Å². The molecule has 1 aliphatic rings. The number of aryl methyl sites for hydroxylation is 1. The molecule has 2 heteroatoms. The van der Waals surface area contributed by atoms with Gasteiger partial charge in [-0.05, 0) is 49.4 Å². The van der Waals surface area contributed by atoms with Gasteiger partial charge in [0, 0.05) is 6.04 Å². The molecule has 82 valence electrons. The van der Waals surface area contributed by atoms with Crippen molar-refractivity contribution in [3.8, 4) is 5.75 Å². The van der Waals surface area contributed by atoms with Gasteiger partial charge in [-0.2, -0.15) is 0 Å². The van der Waals surface area contributed by atoms with Gasteiger partial charge in [0.15, 0.2) is 0 Å². The van der Waals surface area contributed by atoms with Gasteiger partial charge in [-0.25, -0.2) is 0 Å². The maximum Gasteiger partial charge on any atom is 0.119 e. The minimum Gasteiger partial charge on any atom is -0.494 e. The highest BCUT2D eigenvalue weighted by Gasteiger charge is 2.15. The molecule has 0 saturated carbocycles. The molecule has 0 unspecified atom stereocenters. The normalized spacial score (nSPS) is 20.5. The lowest BCUT2D eigenvalue weighted by Gasteiger charge is -2.14. The fraction of sp³-hybridized carbons (Fsp3) is 0.538. The minimum atomic E-state index is 0.197. The highest BCUT2D eigenvalue weighted by atomic mass is 16.5. The van der Waals surface area contributed by atoms with E-state index in [4.69, 9.17) is 10.5 Å². The lowest BCUT2D eigenvalue weighted by Crippen LogP contribution is -2.10. The summed E-state index contributed by atoms with van der Waals surface area (Å²) in [5, 5.41) is 0. The van der Waals surface area contributed by atoms with Crippen molar-refractivity contribution in [2.24, 2.45) is 5.73 Å². The van der Waals surface area contributed by atoms with Gasteiger partial charge in [0.05, 0.1) is 6.61 Å². The smallest absolute Gasteiger partial charge is 0.119 e. The van der Waals surface area contributed by atoms with Gasteiger partial charge < -0.3 is 10.5 Å². The van der Waals surface area contributed by atoms with Crippen LogP contribution < -0.4 is 10.5 Å². The molecule has 2 nitrogen and oxygen atoms in total. The highest BCUT2D eigenvalue weighted by molar-refractivity contribution is 5.38. The standard InChI is InChI=1S/C13H19NO/c1-2-15-11-8-7-10-5-3-4-6-13(14)12(10)9-11/h7-9,13H,2-6,14H2,1H3/t13-/m1/s1. The number of nitrogens with two attached hydrogens (primary N) is 1. The Bertz CT molecular complexity index is 335. The van der Waals surface area contributed by atoms with Crippen molar-refractivity contribution in [1.82, 2.24) is 0 Å². The molecule has 2 rings (SSSR count). The molecule has 1 atom stereocenters. The predicted molar refractivity (Wildman–Crippen MR) is 62.1 cm³/mol. The molecule has 2 N–H and O–H groups in total. The largest absolute Gasteiger partial charge is 0.494 e. The van der Waals surface area contributed by atoms with Gasteiger partial charge in [-0.1, -0.05) is 12.5 Å². The zero-order valence-electron chi connectivity index (χ0n) is 9.33. The Labute approximate surface area is 91.4 Å². The van der Waals surface area contributed by atoms with E-state index in [1.807, 2.05) is 6.92 Å². The van der Waals surface area contributed by atoms with Crippen LogP contribution in [0.4, 0.5) is 0 Å². The van der Waals surface area contributed by atoms with Crippen molar-refractivity contribution in [2.75, 3.05) is 6.61 Å². The summed E-state index contributed by atoms with van der Waals surface area (Å²) in [5.41, 5.74) is 8.85. The molecule has 0 bridgehead atoms. The van der Waals surface area contributed by atoms with E-state index in [2.05, 4.69) is 18.2 Å². The molecule has 0 saturated heterocycles. The minimum absolute atomic E-state index is 0.197. The summed E-state index contributed by atoms with van der Waals surface area (Å²) in [7, 11) is 0. The molecule has 15 heavy (non-hydrogen) atoms. The molecule has 0 heterocycles. The monoisotopic (exact) mass is 205 g/mol. The van der Waals surface area contributed by atoms with Gasteiger partial charge in [-0.15, -0.1) is 0 Å². The molecule has 1 aromatic carbocycles. The van der Waals surface area contributed by atoms with Crippen LogP contribution in [-0.2, 0) is 6.42 Å². The van der Waals surface area contributed by atoms with Gasteiger partial charge in [0.2, 0.25) is 0 Å². The van der Waals surface area contributed by atoms with Crippen molar-refractivity contribution >= 4 is 0 Å². The number of hydrogen-bond donors (Lipinski definition) is 1. The van der Waals surface area contributed by atoms with Crippen LogP contribution >= 0.6 is 0 Å². The van der Waals surface area contributed by atoms with E-state index in [1.54, 1.807) is 0 Å². The second-order valence-corrected chi connectivity index (χ2v) is 4.15. The lowest BCUT2D eigenvalue weighted by atomic mass is 9.99. The van der Waals surface area contributed by atoms with Crippen LogP contribution in [0.15, 0.2) is 18.2 Å². The van der Waals surface area contributed by atoms with Crippen LogP contribution in [0.2, 0.25) is 0 Å². The van der Waals surface area contributed by atoms with Crippen molar-refractivity contribution < 1.29 is 4.74 Å². The number of hydrogen-bond acceptors (Lipinski definition) is 2. The Hall–Kier alpha value is -1.02. The third kappa shape index (κ3) is 2.32. The SMILES string of the molecule is CCOc1ccc2c(c1)[C@H](N)CCCC2. The van der Waals surface area contributed by atoms with Crippen molar-refractivity contribution in [2.45, 2.75) is 38.6 Å². The first-order chi connectivity index (χ1) is 7.31. The summed E-state index contributed by atoms with van der Waals surface area (Å²) < 4.78 is 5.51. The average molecular weight is 205 g/mol. The molecule has 0 aliphatic heterocycles. The number of benzene rings is 1. The maximum atomic E-state index is 6.16. The Balaban J connectivity index is 2.31. The van der Waals surface area contributed by atoms with Crippen LogP contribution in [-0.4, -0.2) is 6.61 Å². The maximum absolute atomic E-state index is 6.16. The topological polar surface area (TPSA) is 35.2 Å². The van der Waals surface area contributed by atoms with E-state index in [-0.39, 0.29) is 6.04 Å². The number of ether oxygens (including phenoxy) is 1. The summed E-state index contributed by atoms with van der Waals surface area (Å²) in [4.78, 5) is 0. The Kier molecular flexibility index (Phi) is 3.27. The summed E-state index contributed by atoms with van der Waals surface area (Å²) in [5.74, 6) is 0.952. The quantitative estimate of drug-likeness (QED) is 0.753. The molecule has 0 spiro atoms. The van der Waals surface area contributed by atoms with Gasteiger partial charge in [0.1, 0.15) is 5.75 Å². The van der Waals surface area contributed by atoms with E-state index < -0.39 is 0 Å². The van der Waals surface area contributed by atoms with Crippen LogP contribution in [0.25, 0.3) is 0 Å². The zero-order valence-corrected chi connectivity index (χ0v) is 9.33. The first-order valence-electron chi connectivity index (χ1n) is 5.82. The van der Waals surface area contributed by atoms with Crippen LogP contribution in [0.3, 0.4) is 0 Å². The van der Waals surface area contributed by atoms with Crippen molar-refractivity contribution in [3.63, 3.8) is 0 Å². The van der Waals surface area contributed by atoms with Gasteiger partial charge >= 0.3 is 0 Å². The van der Waals surface area contributed by atoms with E-state index in [0.717, 1.165) is 18.6 Å². The Morgan fingerprint density at radius 2 is 2.27 bits per heavy atom. The molecule has 0 amide bonds. The molecule has 0 aromatic heterocycles. The second kappa shape index (κ2) is 4.67. The number of rotatable bonds is 2. The van der Waals surface area contributed by atoms with Gasteiger partial charge in [-0.3, -0.25) is 0 Å². The molecule has 1 aliphatic carbocycles.